The van der Waals surface area contributed by atoms with Gasteiger partial charge in [0.05, 0.1) is 4.90 Å². The van der Waals surface area contributed by atoms with Gasteiger partial charge < -0.3 is 4.98 Å². The van der Waals surface area contributed by atoms with E-state index >= 15 is 0 Å². The minimum Gasteiger partial charge on any atom is -0.321 e. The molecule has 0 saturated carbocycles. The summed E-state index contributed by atoms with van der Waals surface area (Å²) in [6.07, 6.45) is 2.70. The molecule has 0 spiro atoms. The monoisotopic (exact) mass is 354 g/mol. The SMILES string of the molecule is CCCN(CCC)S(=O)c1ccc2[nH]c(=O)c3cccc4c3c2c1C4. The lowest BCUT2D eigenvalue weighted by Crippen LogP contribution is -2.28. The number of hydrogen-bond acceptors (Lipinski definition) is 2. The van der Waals surface area contributed by atoms with Crippen LogP contribution in [0.25, 0.3) is 21.7 Å². The minimum atomic E-state index is -1.17. The molecule has 0 saturated heterocycles. The van der Waals surface area contributed by atoms with Gasteiger partial charge in [-0.1, -0.05) is 26.0 Å². The van der Waals surface area contributed by atoms with Crippen molar-refractivity contribution in [2.45, 2.75) is 38.0 Å². The Bertz CT molecular complexity index is 1050. The Kier molecular flexibility index (Phi) is 4.21. The summed E-state index contributed by atoms with van der Waals surface area (Å²) in [5.41, 5.74) is 3.06. The van der Waals surface area contributed by atoms with Gasteiger partial charge in [-0.25, -0.2) is 8.51 Å². The third-order valence-electron chi connectivity index (χ3n) is 4.90. The summed E-state index contributed by atoms with van der Waals surface area (Å²) in [6, 6.07) is 9.71. The number of hydrogen-bond donors (Lipinski definition) is 1. The fourth-order valence-electron chi connectivity index (χ4n) is 3.89. The molecule has 1 aromatic heterocycles. The third-order valence-corrected chi connectivity index (χ3v) is 6.49. The van der Waals surface area contributed by atoms with Crippen LogP contribution in [-0.4, -0.2) is 26.6 Å². The van der Waals surface area contributed by atoms with Crippen molar-refractivity contribution in [3.63, 3.8) is 0 Å². The van der Waals surface area contributed by atoms with Gasteiger partial charge in [-0.05, 0) is 42.2 Å². The van der Waals surface area contributed by atoms with Crippen LogP contribution in [0.3, 0.4) is 0 Å². The zero-order chi connectivity index (χ0) is 17.6. The van der Waals surface area contributed by atoms with Gasteiger partial charge in [-0.2, -0.15) is 0 Å². The highest BCUT2D eigenvalue weighted by atomic mass is 32.2. The van der Waals surface area contributed by atoms with Crippen molar-refractivity contribution in [3.8, 4) is 0 Å². The molecule has 4 rings (SSSR count). The summed E-state index contributed by atoms with van der Waals surface area (Å²) in [5, 5.41) is 2.84. The van der Waals surface area contributed by atoms with Crippen molar-refractivity contribution in [3.05, 3.63) is 51.8 Å². The molecule has 0 bridgehead atoms. The van der Waals surface area contributed by atoms with Crippen molar-refractivity contribution in [1.82, 2.24) is 9.29 Å². The number of aromatic nitrogens is 1. The van der Waals surface area contributed by atoms with Gasteiger partial charge in [0.2, 0.25) is 0 Å². The first kappa shape index (κ1) is 16.5. The number of pyridine rings is 1. The van der Waals surface area contributed by atoms with Crippen LogP contribution in [0.15, 0.2) is 40.0 Å². The molecule has 4 nitrogen and oxygen atoms in total. The van der Waals surface area contributed by atoms with E-state index in [4.69, 9.17) is 0 Å². The van der Waals surface area contributed by atoms with Crippen molar-refractivity contribution < 1.29 is 4.21 Å². The van der Waals surface area contributed by atoms with Crippen molar-refractivity contribution in [2.24, 2.45) is 0 Å². The van der Waals surface area contributed by atoms with Crippen LogP contribution in [0, 0.1) is 0 Å². The maximum atomic E-state index is 13.3. The molecule has 0 aliphatic heterocycles. The number of aromatic amines is 1. The molecule has 0 fully saturated rings. The summed E-state index contributed by atoms with van der Waals surface area (Å²) in [6.45, 7) is 5.88. The predicted molar refractivity (Wildman–Crippen MR) is 103 cm³/mol. The van der Waals surface area contributed by atoms with Crippen LogP contribution in [0.4, 0.5) is 0 Å². The maximum Gasteiger partial charge on any atom is 0.256 e. The summed E-state index contributed by atoms with van der Waals surface area (Å²) in [5.74, 6) is 0. The Morgan fingerprint density at radius 3 is 2.56 bits per heavy atom. The van der Waals surface area contributed by atoms with Gasteiger partial charge in [0.15, 0.2) is 0 Å². The average Bonchev–Trinajstić information content (AvgIpc) is 3.00. The van der Waals surface area contributed by atoms with E-state index in [0.717, 1.165) is 70.0 Å². The lowest BCUT2D eigenvalue weighted by molar-refractivity contribution is 0.442. The van der Waals surface area contributed by atoms with Crippen LogP contribution >= 0.6 is 0 Å². The van der Waals surface area contributed by atoms with Crippen molar-refractivity contribution >= 4 is 32.7 Å². The van der Waals surface area contributed by atoms with Gasteiger partial charge in [-0.15, -0.1) is 0 Å². The molecule has 1 aliphatic carbocycles. The molecule has 5 heteroatoms. The lowest BCUT2D eigenvalue weighted by atomic mass is 10.1. The molecule has 1 unspecified atom stereocenters. The van der Waals surface area contributed by atoms with Crippen LogP contribution in [0.2, 0.25) is 0 Å². The second kappa shape index (κ2) is 6.39. The molecule has 0 amide bonds. The van der Waals surface area contributed by atoms with E-state index < -0.39 is 11.0 Å². The molecule has 2 aromatic carbocycles. The van der Waals surface area contributed by atoms with Crippen LogP contribution in [0.5, 0.6) is 0 Å². The molecular weight excluding hydrogens is 332 g/mol. The van der Waals surface area contributed by atoms with Crippen LogP contribution in [0.1, 0.15) is 37.8 Å². The number of rotatable bonds is 6. The minimum absolute atomic E-state index is 0.0512. The summed E-state index contributed by atoms with van der Waals surface area (Å²) < 4.78 is 15.3. The van der Waals surface area contributed by atoms with Gasteiger partial charge in [0, 0.05) is 41.2 Å². The molecule has 1 atom stereocenters. The molecule has 1 heterocycles. The largest absolute Gasteiger partial charge is 0.321 e. The maximum absolute atomic E-state index is 13.3. The second-order valence-corrected chi connectivity index (χ2v) is 8.07. The summed E-state index contributed by atoms with van der Waals surface area (Å²) in [4.78, 5) is 16.2. The molecule has 130 valence electrons. The first-order valence-electron chi connectivity index (χ1n) is 8.92. The van der Waals surface area contributed by atoms with E-state index in [0.29, 0.717) is 0 Å². The van der Waals surface area contributed by atoms with Crippen molar-refractivity contribution in [1.29, 1.82) is 0 Å². The van der Waals surface area contributed by atoms with Gasteiger partial charge in [-0.3, -0.25) is 4.79 Å². The van der Waals surface area contributed by atoms with Crippen LogP contribution in [-0.2, 0) is 17.4 Å². The number of nitrogens with one attached hydrogen (secondary N) is 1. The Balaban J connectivity index is 1.93. The van der Waals surface area contributed by atoms with E-state index in [-0.39, 0.29) is 5.56 Å². The Morgan fingerprint density at radius 1 is 1.08 bits per heavy atom. The molecule has 25 heavy (non-hydrogen) atoms. The molecule has 0 radical (unpaired) electrons. The van der Waals surface area contributed by atoms with E-state index in [2.05, 4.69) is 29.2 Å². The quantitative estimate of drug-likeness (QED) is 0.536. The molecule has 3 aromatic rings. The van der Waals surface area contributed by atoms with Gasteiger partial charge >= 0.3 is 0 Å². The first-order valence-corrected chi connectivity index (χ1v) is 10.0. The van der Waals surface area contributed by atoms with E-state index in [1.807, 2.05) is 24.3 Å². The first-order chi connectivity index (χ1) is 12.2. The summed E-state index contributed by atoms with van der Waals surface area (Å²) in [7, 11) is -1.17. The second-order valence-electron chi connectivity index (χ2n) is 6.61. The van der Waals surface area contributed by atoms with E-state index in [1.165, 1.54) is 0 Å². The zero-order valence-corrected chi connectivity index (χ0v) is 15.4. The van der Waals surface area contributed by atoms with Crippen LogP contribution < -0.4 is 5.56 Å². The standard InChI is InChI=1S/C20H22N2O2S/c1-3-10-22(11-4-2)25(24)17-9-8-16-19-15(17)12-13-6-5-7-14(18(13)19)20(23)21-16/h5-9H,3-4,10-12H2,1-2H3,(H,21,23). The lowest BCUT2D eigenvalue weighted by Gasteiger charge is -2.21. The van der Waals surface area contributed by atoms with E-state index in [9.17, 15) is 9.00 Å². The highest BCUT2D eigenvalue weighted by Gasteiger charge is 2.25. The average molecular weight is 354 g/mol. The van der Waals surface area contributed by atoms with E-state index in [1.54, 1.807) is 0 Å². The topological polar surface area (TPSA) is 53.2 Å². The number of benzene rings is 2. The number of nitrogens with zero attached hydrogens (tertiary/aromatic N) is 1. The zero-order valence-electron chi connectivity index (χ0n) is 14.6. The Labute approximate surface area is 149 Å². The highest BCUT2D eigenvalue weighted by Crippen LogP contribution is 2.39. The Hall–Kier alpha value is -1.98. The third kappa shape index (κ3) is 2.53. The normalized spacial score (nSPS) is 14.2. The summed E-state index contributed by atoms with van der Waals surface area (Å²) >= 11 is 0. The smallest absolute Gasteiger partial charge is 0.256 e. The molecule has 1 aliphatic rings. The number of H-pyrrole nitrogens is 1. The fraction of sp³-hybridized carbons (Fsp3) is 0.350. The molecular formula is C20H22N2O2S. The highest BCUT2D eigenvalue weighted by molar-refractivity contribution is 7.82. The fourth-order valence-corrected chi connectivity index (χ4v) is 5.43. The van der Waals surface area contributed by atoms with Gasteiger partial charge in [0.25, 0.3) is 5.56 Å². The predicted octanol–water partition coefficient (Wildman–Crippen LogP) is 3.73. The Morgan fingerprint density at radius 2 is 1.84 bits per heavy atom. The van der Waals surface area contributed by atoms with Crippen molar-refractivity contribution in [2.75, 3.05) is 13.1 Å². The van der Waals surface area contributed by atoms with Gasteiger partial charge in [0.1, 0.15) is 11.0 Å². The molecule has 1 N–H and O–H groups in total.